The van der Waals surface area contributed by atoms with Gasteiger partial charge in [-0.2, -0.15) is 5.10 Å². The van der Waals surface area contributed by atoms with Crippen LogP contribution in [0.15, 0.2) is 0 Å². The van der Waals surface area contributed by atoms with E-state index in [1.165, 1.54) is 0 Å². The number of urea groups is 1. The van der Waals surface area contributed by atoms with Gasteiger partial charge in [-0.05, 0) is 32.6 Å². The van der Waals surface area contributed by atoms with Gasteiger partial charge in [-0.15, -0.1) is 0 Å². The molecule has 7 heteroatoms. The van der Waals surface area contributed by atoms with Crippen LogP contribution in [0.1, 0.15) is 56.7 Å². The molecule has 2 amide bonds. The molecule has 1 saturated carbocycles. The molecule has 122 valence electrons. The van der Waals surface area contributed by atoms with Crippen LogP contribution in [0.4, 0.5) is 4.79 Å². The van der Waals surface area contributed by atoms with E-state index in [2.05, 4.69) is 20.7 Å². The maximum Gasteiger partial charge on any atom is 0.315 e. The van der Waals surface area contributed by atoms with Crippen LogP contribution in [-0.2, 0) is 6.54 Å². The van der Waals surface area contributed by atoms with Gasteiger partial charge in [0.1, 0.15) is 11.6 Å². The average Bonchev–Trinajstić information content (AvgIpc) is 3.03. The van der Waals surface area contributed by atoms with Crippen LogP contribution in [0.3, 0.4) is 0 Å². The number of carbonyl (C=O) groups excluding carboxylic acids is 1. The zero-order valence-electron chi connectivity index (χ0n) is 13.3. The summed E-state index contributed by atoms with van der Waals surface area (Å²) < 4.78 is 1.89. The first-order valence-corrected chi connectivity index (χ1v) is 8.11. The number of hydrogen-bond acceptors (Lipinski definition) is 4. The Bertz CT molecular complexity index is 558. The molecule has 1 aliphatic heterocycles. The first kappa shape index (κ1) is 15.3. The predicted octanol–water partition coefficient (Wildman–Crippen LogP) is 1.27. The van der Waals surface area contributed by atoms with E-state index in [1.807, 2.05) is 18.5 Å². The van der Waals surface area contributed by atoms with Crippen LogP contribution in [0, 0.1) is 12.3 Å². The Hall–Kier alpha value is -1.63. The highest BCUT2D eigenvalue weighted by Crippen LogP contribution is 2.37. The Kier molecular flexibility index (Phi) is 4.08. The van der Waals surface area contributed by atoms with E-state index in [0.717, 1.165) is 50.3 Å². The highest BCUT2D eigenvalue weighted by molar-refractivity contribution is 5.74. The van der Waals surface area contributed by atoms with Gasteiger partial charge >= 0.3 is 6.03 Å². The molecule has 0 radical (unpaired) electrons. The normalized spacial score (nSPS) is 30.9. The number of hydrogen-bond donors (Lipinski definition) is 3. The van der Waals surface area contributed by atoms with Crippen LogP contribution >= 0.6 is 0 Å². The number of aromatic nitrogens is 3. The van der Waals surface area contributed by atoms with Crippen LogP contribution < -0.4 is 10.6 Å². The second-order valence-corrected chi connectivity index (χ2v) is 6.81. The van der Waals surface area contributed by atoms with Crippen molar-refractivity contribution in [3.63, 3.8) is 0 Å². The summed E-state index contributed by atoms with van der Waals surface area (Å²) in [5.74, 6) is 1.59. The van der Waals surface area contributed by atoms with Gasteiger partial charge in [-0.25, -0.2) is 14.5 Å². The summed E-state index contributed by atoms with van der Waals surface area (Å²) in [5, 5.41) is 20.0. The van der Waals surface area contributed by atoms with E-state index in [1.54, 1.807) is 0 Å². The van der Waals surface area contributed by atoms with Crippen molar-refractivity contribution in [3.8, 4) is 0 Å². The zero-order chi connectivity index (χ0) is 15.7. The standard InChI is InChI=1S/C15H25N5O2/c1-10-16-13-11(5-4-8-20(13)19-10)17-14(22)18-12-6-3-7-15(12,2)9-21/h11-12,21H,3-9H2,1-2H3,(H2,17,18,22). The van der Waals surface area contributed by atoms with Gasteiger partial charge in [0, 0.05) is 18.0 Å². The van der Waals surface area contributed by atoms with Gasteiger partial charge < -0.3 is 15.7 Å². The highest BCUT2D eigenvalue weighted by Gasteiger charge is 2.39. The summed E-state index contributed by atoms with van der Waals surface area (Å²) in [5.41, 5.74) is -0.208. The molecule has 0 saturated heterocycles. The van der Waals surface area contributed by atoms with Crippen molar-refractivity contribution < 1.29 is 9.90 Å². The second kappa shape index (κ2) is 5.87. The summed E-state index contributed by atoms with van der Waals surface area (Å²) in [7, 11) is 0. The number of fused-ring (bicyclic) bond motifs is 1. The summed E-state index contributed by atoms with van der Waals surface area (Å²) >= 11 is 0. The molecule has 3 N–H and O–H groups in total. The molecule has 3 rings (SSSR count). The Balaban J connectivity index is 1.63. The Morgan fingerprint density at radius 1 is 1.41 bits per heavy atom. The van der Waals surface area contributed by atoms with Crippen molar-refractivity contribution in [1.82, 2.24) is 25.4 Å². The summed E-state index contributed by atoms with van der Waals surface area (Å²) in [6.45, 7) is 4.87. The SMILES string of the molecule is Cc1nc2n(n1)CCCC2NC(=O)NC1CCCC1(C)CO. The van der Waals surface area contributed by atoms with Gasteiger partial charge in [-0.3, -0.25) is 0 Å². The fourth-order valence-electron chi connectivity index (χ4n) is 3.63. The summed E-state index contributed by atoms with van der Waals surface area (Å²) in [6.07, 6.45) is 4.78. The van der Waals surface area contributed by atoms with Gasteiger partial charge in [0.05, 0.1) is 12.6 Å². The zero-order valence-corrected chi connectivity index (χ0v) is 13.3. The monoisotopic (exact) mass is 307 g/mol. The van der Waals surface area contributed by atoms with Gasteiger partial charge in [0.15, 0.2) is 0 Å². The first-order valence-electron chi connectivity index (χ1n) is 8.11. The van der Waals surface area contributed by atoms with E-state index in [4.69, 9.17) is 0 Å². The largest absolute Gasteiger partial charge is 0.396 e. The number of aryl methyl sites for hydroxylation is 2. The van der Waals surface area contributed by atoms with E-state index < -0.39 is 0 Å². The van der Waals surface area contributed by atoms with Crippen molar-refractivity contribution in [2.75, 3.05) is 6.61 Å². The fraction of sp³-hybridized carbons (Fsp3) is 0.800. The molecular formula is C15H25N5O2. The molecule has 3 atom stereocenters. The Morgan fingerprint density at radius 2 is 2.23 bits per heavy atom. The number of aliphatic hydroxyl groups is 1. The summed E-state index contributed by atoms with van der Waals surface area (Å²) in [6, 6.07) is -0.233. The molecule has 0 bridgehead atoms. The van der Waals surface area contributed by atoms with Gasteiger partial charge in [-0.1, -0.05) is 13.3 Å². The Labute approximate surface area is 130 Å². The third-order valence-corrected chi connectivity index (χ3v) is 5.03. The molecule has 1 aromatic heterocycles. The molecule has 22 heavy (non-hydrogen) atoms. The third kappa shape index (κ3) is 2.82. The number of nitrogens with one attached hydrogen (secondary N) is 2. The first-order chi connectivity index (χ1) is 10.5. The molecule has 2 aliphatic rings. The van der Waals surface area contributed by atoms with Crippen molar-refractivity contribution in [2.24, 2.45) is 5.41 Å². The number of rotatable bonds is 3. The second-order valence-electron chi connectivity index (χ2n) is 6.81. The van der Waals surface area contributed by atoms with Crippen LogP contribution in [0.25, 0.3) is 0 Å². The third-order valence-electron chi connectivity index (χ3n) is 5.03. The minimum absolute atomic E-state index is 0.0284. The predicted molar refractivity (Wildman–Crippen MR) is 81.2 cm³/mol. The summed E-state index contributed by atoms with van der Waals surface area (Å²) in [4.78, 5) is 16.8. The van der Waals surface area contributed by atoms with E-state index in [9.17, 15) is 9.90 Å². The molecule has 2 heterocycles. The number of amides is 2. The number of aliphatic hydroxyl groups excluding tert-OH is 1. The highest BCUT2D eigenvalue weighted by atomic mass is 16.3. The minimum Gasteiger partial charge on any atom is -0.396 e. The van der Waals surface area contributed by atoms with Crippen molar-refractivity contribution in [2.45, 2.75) is 64.6 Å². The van der Waals surface area contributed by atoms with Crippen molar-refractivity contribution in [3.05, 3.63) is 11.6 Å². The van der Waals surface area contributed by atoms with Crippen LogP contribution in [-0.4, -0.2) is 38.6 Å². The van der Waals surface area contributed by atoms with E-state index in [-0.39, 0.29) is 30.1 Å². The molecule has 0 spiro atoms. The van der Waals surface area contributed by atoms with Gasteiger partial charge in [0.2, 0.25) is 0 Å². The average molecular weight is 307 g/mol. The number of carbonyl (C=O) groups is 1. The molecule has 7 nitrogen and oxygen atoms in total. The lowest BCUT2D eigenvalue weighted by Crippen LogP contribution is -2.49. The van der Waals surface area contributed by atoms with Crippen LogP contribution in [0.2, 0.25) is 0 Å². The molecule has 1 fully saturated rings. The maximum absolute atomic E-state index is 12.3. The van der Waals surface area contributed by atoms with E-state index in [0.29, 0.717) is 0 Å². The minimum atomic E-state index is -0.208. The molecular weight excluding hydrogens is 282 g/mol. The van der Waals surface area contributed by atoms with E-state index >= 15 is 0 Å². The van der Waals surface area contributed by atoms with Gasteiger partial charge in [0.25, 0.3) is 0 Å². The quantitative estimate of drug-likeness (QED) is 0.784. The lowest BCUT2D eigenvalue weighted by molar-refractivity contribution is 0.120. The smallest absolute Gasteiger partial charge is 0.315 e. The van der Waals surface area contributed by atoms with Crippen LogP contribution in [0.5, 0.6) is 0 Å². The molecule has 0 aromatic carbocycles. The Morgan fingerprint density at radius 3 is 3.00 bits per heavy atom. The van der Waals surface area contributed by atoms with Crippen molar-refractivity contribution >= 4 is 6.03 Å². The lowest BCUT2D eigenvalue weighted by atomic mass is 9.86. The molecule has 1 aliphatic carbocycles. The molecule has 3 unspecified atom stereocenters. The lowest BCUT2D eigenvalue weighted by Gasteiger charge is -2.31. The van der Waals surface area contributed by atoms with Crippen molar-refractivity contribution in [1.29, 1.82) is 0 Å². The fourth-order valence-corrected chi connectivity index (χ4v) is 3.63. The maximum atomic E-state index is 12.3. The number of nitrogens with zero attached hydrogens (tertiary/aromatic N) is 3. The topological polar surface area (TPSA) is 92.1 Å². The molecule has 1 aromatic rings.